The van der Waals surface area contributed by atoms with E-state index >= 15 is 0 Å². The number of hydrogen-bond acceptors (Lipinski definition) is 4. The molecule has 26 heavy (non-hydrogen) atoms. The number of carbonyl (C=O) groups excluding carboxylic acids is 1. The molecule has 9 heteroatoms. The molecule has 1 N–H and O–H groups in total. The molecule has 138 valence electrons. The molecule has 1 aliphatic rings. The van der Waals surface area contributed by atoms with Gasteiger partial charge in [0.05, 0.1) is 11.2 Å². The van der Waals surface area contributed by atoms with Crippen molar-refractivity contribution in [3.8, 4) is 5.69 Å². The van der Waals surface area contributed by atoms with Gasteiger partial charge in [0.2, 0.25) is 0 Å². The van der Waals surface area contributed by atoms with Crippen molar-refractivity contribution in [2.24, 2.45) is 5.92 Å². The molecule has 1 amide bonds. The maximum absolute atomic E-state index is 14.1. The Bertz CT molecular complexity index is 826. The van der Waals surface area contributed by atoms with E-state index in [0.717, 1.165) is 12.8 Å². The fourth-order valence-electron chi connectivity index (χ4n) is 3.12. The van der Waals surface area contributed by atoms with Crippen LogP contribution in [0.5, 0.6) is 0 Å². The number of aliphatic carboxylic acids is 1. The molecule has 0 saturated carbocycles. The number of likely N-dealkylation sites (tertiary alicyclic amines) is 1. The molecule has 3 rings (SSSR count). The molecule has 1 aromatic heterocycles. The third kappa shape index (κ3) is 4.01. The largest absolute Gasteiger partial charge is 0.481 e. The molecule has 2 aromatic rings. The summed E-state index contributed by atoms with van der Waals surface area (Å²) in [5.41, 5.74) is 0.227. The quantitative estimate of drug-likeness (QED) is 0.861. The van der Waals surface area contributed by atoms with E-state index in [1.165, 1.54) is 23.0 Å². The van der Waals surface area contributed by atoms with Crippen molar-refractivity contribution in [2.45, 2.75) is 25.7 Å². The molecule has 1 aliphatic heterocycles. The normalized spacial score (nSPS) is 17.3. The molecule has 7 nitrogen and oxygen atoms in total. The number of carbonyl (C=O) groups is 2. The maximum atomic E-state index is 14.1. The monoisotopic (exact) mass is 380 g/mol. The maximum Gasteiger partial charge on any atom is 0.303 e. The van der Waals surface area contributed by atoms with Gasteiger partial charge in [-0.2, -0.15) is 0 Å². The minimum absolute atomic E-state index is 0.0387. The highest BCUT2D eigenvalue weighted by Gasteiger charge is 2.26. The van der Waals surface area contributed by atoms with E-state index in [9.17, 15) is 14.0 Å². The molecule has 2 heterocycles. The zero-order chi connectivity index (χ0) is 18.7. The van der Waals surface area contributed by atoms with Gasteiger partial charge in [0.25, 0.3) is 5.91 Å². The SMILES string of the molecule is O=C(O)CCC1CCCN(C(=O)c2cn(-c3cccc(Cl)c3F)nn2)C1. The lowest BCUT2D eigenvalue weighted by Crippen LogP contribution is -2.40. The van der Waals surface area contributed by atoms with Crippen molar-refractivity contribution >= 4 is 23.5 Å². The van der Waals surface area contributed by atoms with Gasteiger partial charge >= 0.3 is 5.97 Å². The summed E-state index contributed by atoms with van der Waals surface area (Å²) >= 11 is 5.77. The average Bonchev–Trinajstić information content (AvgIpc) is 3.11. The average molecular weight is 381 g/mol. The number of amides is 1. The lowest BCUT2D eigenvalue weighted by molar-refractivity contribution is -0.137. The molecular formula is C17H18ClFN4O3. The molecule has 1 fully saturated rings. The van der Waals surface area contributed by atoms with E-state index < -0.39 is 11.8 Å². The summed E-state index contributed by atoms with van der Waals surface area (Å²) in [6, 6.07) is 4.50. The minimum Gasteiger partial charge on any atom is -0.481 e. The van der Waals surface area contributed by atoms with Crippen LogP contribution in [-0.4, -0.2) is 50.0 Å². The Balaban J connectivity index is 1.71. The van der Waals surface area contributed by atoms with Crippen LogP contribution in [0.15, 0.2) is 24.4 Å². The van der Waals surface area contributed by atoms with Crippen molar-refractivity contribution in [2.75, 3.05) is 13.1 Å². The van der Waals surface area contributed by atoms with Crippen molar-refractivity contribution in [3.05, 3.63) is 40.9 Å². The van der Waals surface area contributed by atoms with Crippen LogP contribution in [0.1, 0.15) is 36.2 Å². The summed E-state index contributed by atoms with van der Waals surface area (Å²) in [5, 5.41) is 16.5. The van der Waals surface area contributed by atoms with Crippen molar-refractivity contribution in [1.82, 2.24) is 19.9 Å². The molecule has 0 spiro atoms. The number of carboxylic acid groups (broad SMARTS) is 1. The van der Waals surface area contributed by atoms with E-state index in [4.69, 9.17) is 16.7 Å². The standard InChI is InChI=1S/C17H18ClFN4O3/c18-12-4-1-5-14(16(12)19)23-10-13(20-21-23)17(26)22-8-2-3-11(9-22)6-7-15(24)25/h1,4-5,10-11H,2-3,6-9H2,(H,24,25). The van der Waals surface area contributed by atoms with E-state index in [1.54, 1.807) is 11.0 Å². The first-order chi connectivity index (χ1) is 12.5. The van der Waals surface area contributed by atoms with Crippen LogP contribution in [0, 0.1) is 11.7 Å². The Hall–Kier alpha value is -2.48. The van der Waals surface area contributed by atoms with Gasteiger partial charge < -0.3 is 10.0 Å². The first-order valence-electron chi connectivity index (χ1n) is 8.33. The summed E-state index contributed by atoms with van der Waals surface area (Å²) in [7, 11) is 0. The van der Waals surface area contributed by atoms with Gasteiger partial charge in [-0.3, -0.25) is 9.59 Å². The van der Waals surface area contributed by atoms with Crippen LogP contribution >= 0.6 is 11.6 Å². The summed E-state index contributed by atoms with van der Waals surface area (Å²) in [6.45, 7) is 1.07. The fourth-order valence-corrected chi connectivity index (χ4v) is 3.29. The van der Waals surface area contributed by atoms with E-state index in [0.29, 0.717) is 19.5 Å². The summed E-state index contributed by atoms with van der Waals surface area (Å²) in [4.78, 5) is 25.0. The van der Waals surface area contributed by atoms with Crippen LogP contribution in [0.4, 0.5) is 4.39 Å². The van der Waals surface area contributed by atoms with Crippen LogP contribution in [0.25, 0.3) is 5.69 Å². The number of halogens is 2. The Morgan fingerprint density at radius 2 is 2.19 bits per heavy atom. The molecule has 0 bridgehead atoms. The van der Waals surface area contributed by atoms with Crippen molar-refractivity contribution < 1.29 is 19.1 Å². The second kappa shape index (κ2) is 7.82. The van der Waals surface area contributed by atoms with Gasteiger partial charge in [-0.05, 0) is 37.3 Å². The molecule has 0 aliphatic carbocycles. The first kappa shape index (κ1) is 18.3. The topological polar surface area (TPSA) is 88.3 Å². The Morgan fingerprint density at radius 3 is 2.96 bits per heavy atom. The highest BCUT2D eigenvalue weighted by molar-refractivity contribution is 6.30. The fraction of sp³-hybridized carbons (Fsp3) is 0.412. The highest BCUT2D eigenvalue weighted by atomic mass is 35.5. The van der Waals surface area contributed by atoms with Gasteiger partial charge in [-0.1, -0.05) is 22.9 Å². The number of benzene rings is 1. The Kier molecular flexibility index (Phi) is 5.51. The predicted molar refractivity (Wildman–Crippen MR) is 91.8 cm³/mol. The Labute approximate surface area is 154 Å². The third-order valence-electron chi connectivity index (χ3n) is 4.46. The zero-order valence-corrected chi connectivity index (χ0v) is 14.7. The summed E-state index contributed by atoms with van der Waals surface area (Å²) < 4.78 is 15.3. The number of carboxylic acids is 1. The van der Waals surface area contributed by atoms with Crippen molar-refractivity contribution in [3.63, 3.8) is 0 Å². The molecule has 0 radical (unpaired) electrons. The first-order valence-corrected chi connectivity index (χ1v) is 8.71. The van der Waals surface area contributed by atoms with Gasteiger partial charge in [0.1, 0.15) is 5.69 Å². The van der Waals surface area contributed by atoms with Crippen molar-refractivity contribution in [1.29, 1.82) is 0 Å². The number of rotatable bonds is 5. The highest BCUT2D eigenvalue weighted by Crippen LogP contribution is 2.23. The van der Waals surface area contributed by atoms with E-state index in [1.807, 2.05) is 0 Å². The molecule has 1 aromatic carbocycles. The number of nitrogens with zero attached hydrogens (tertiary/aromatic N) is 4. The molecular weight excluding hydrogens is 363 g/mol. The van der Waals surface area contributed by atoms with Crippen LogP contribution in [0.2, 0.25) is 5.02 Å². The second-order valence-corrected chi connectivity index (χ2v) is 6.72. The van der Waals surface area contributed by atoms with E-state index in [2.05, 4.69) is 10.3 Å². The summed E-state index contributed by atoms with van der Waals surface area (Å²) in [6.07, 6.45) is 3.72. The lowest BCUT2D eigenvalue weighted by atomic mass is 9.93. The van der Waals surface area contributed by atoms with Crippen LogP contribution in [-0.2, 0) is 4.79 Å². The lowest BCUT2D eigenvalue weighted by Gasteiger charge is -2.32. The smallest absolute Gasteiger partial charge is 0.303 e. The van der Waals surface area contributed by atoms with Gasteiger partial charge in [0.15, 0.2) is 11.5 Å². The summed E-state index contributed by atoms with van der Waals surface area (Å²) in [5.74, 6) is -1.60. The van der Waals surface area contributed by atoms with E-state index in [-0.39, 0.29) is 34.6 Å². The van der Waals surface area contributed by atoms with Crippen LogP contribution < -0.4 is 0 Å². The molecule has 1 unspecified atom stereocenters. The van der Waals surface area contributed by atoms with Gasteiger partial charge in [0, 0.05) is 19.5 Å². The number of hydrogen-bond donors (Lipinski definition) is 1. The zero-order valence-electron chi connectivity index (χ0n) is 13.9. The number of piperidine rings is 1. The van der Waals surface area contributed by atoms with Gasteiger partial charge in [-0.15, -0.1) is 5.10 Å². The second-order valence-electron chi connectivity index (χ2n) is 6.31. The third-order valence-corrected chi connectivity index (χ3v) is 4.76. The van der Waals surface area contributed by atoms with Gasteiger partial charge in [-0.25, -0.2) is 9.07 Å². The molecule has 1 saturated heterocycles. The number of aromatic nitrogens is 3. The minimum atomic E-state index is -0.833. The van der Waals surface area contributed by atoms with Crippen LogP contribution in [0.3, 0.4) is 0 Å². The predicted octanol–water partition coefficient (Wildman–Crippen LogP) is 2.78. The Morgan fingerprint density at radius 1 is 1.38 bits per heavy atom. The molecule has 1 atom stereocenters.